The average molecular weight is 317 g/mol. The van der Waals surface area contributed by atoms with Crippen molar-refractivity contribution in [2.24, 2.45) is 0 Å². The van der Waals surface area contributed by atoms with E-state index >= 15 is 0 Å². The van der Waals surface area contributed by atoms with Crippen LogP contribution in [0.2, 0.25) is 0 Å². The maximum atomic E-state index is 5.63. The number of anilines is 1. The molecule has 1 aromatic heterocycles. The van der Waals surface area contributed by atoms with E-state index in [0.29, 0.717) is 11.5 Å². The zero-order chi connectivity index (χ0) is 16.8. The van der Waals surface area contributed by atoms with Gasteiger partial charge in [0, 0.05) is 5.56 Å². The molecule has 122 valence electrons. The molecule has 3 nitrogen and oxygen atoms in total. The predicted octanol–water partition coefficient (Wildman–Crippen LogP) is 5.13. The molecule has 0 bridgehead atoms. The predicted molar refractivity (Wildman–Crippen MR) is 101 cm³/mol. The number of nitrogens with zero attached hydrogens (tertiary/aromatic N) is 2. The number of hydrogen-bond donors (Lipinski definition) is 1. The number of aromatic nitrogens is 2. The van der Waals surface area contributed by atoms with E-state index in [1.807, 2.05) is 0 Å². The summed E-state index contributed by atoms with van der Waals surface area (Å²) in [6.45, 7) is 2.24. The Bertz CT molecular complexity index is 760. The molecule has 0 unspecified atom stereocenters. The molecule has 0 aliphatic carbocycles. The molecule has 2 aromatic carbocycles. The van der Waals surface area contributed by atoms with Crippen LogP contribution in [0.1, 0.15) is 31.7 Å². The summed E-state index contributed by atoms with van der Waals surface area (Å²) >= 11 is 0. The van der Waals surface area contributed by atoms with Crippen molar-refractivity contribution >= 4 is 5.69 Å². The van der Waals surface area contributed by atoms with Crippen molar-refractivity contribution in [3.8, 4) is 22.5 Å². The van der Waals surface area contributed by atoms with Crippen LogP contribution in [0, 0.1) is 0 Å². The molecule has 3 aromatic rings. The fraction of sp³-hybridized carbons (Fsp3) is 0.238. The van der Waals surface area contributed by atoms with Crippen molar-refractivity contribution in [1.29, 1.82) is 0 Å². The lowest BCUT2D eigenvalue weighted by Gasteiger charge is -2.06. The third kappa shape index (κ3) is 3.99. The molecule has 2 N–H and O–H groups in total. The van der Waals surface area contributed by atoms with Crippen LogP contribution in [0.5, 0.6) is 0 Å². The Morgan fingerprint density at radius 2 is 1.29 bits per heavy atom. The molecule has 3 heteroatoms. The van der Waals surface area contributed by atoms with Gasteiger partial charge in [-0.15, -0.1) is 0 Å². The third-order valence-corrected chi connectivity index (χ3v) is 4.17. The van der Waals surface area contributed by atoms with Gasteiger partial charge in [-0.25, -0.2) is 9.97 Å². The van der Waals surface area contributed by atoms with E-state index in [0.717, 1.165) is 5.56 Å². The van der Waals surface area contributed by atoms with Gasteiger partial charge in [0.1, 0.15) is 0 Å². The molecule has 1 heterocycles. The van der Waals surface area contributed by atoms with E-state index in [1.165, 1.54) is 42.4 Å². The maximum Gasteiger partial charge on any atom is 0.159 e. The van der Waals surface area contributed by atoms with Gasteiger partial charge >= 0.3 is 0 Å². The SMILES string of the molecule is CCCCCc1ccc(-c2ccc(-c3ncc(N)cn3)cc2)cc1. The van der Waals surface area contributed by atoms with Crippen LogP contribution < -0.4 is 5.73 Å². The summed E-state index contributed by atoms with van der Waals surface area (Å²) in [6.07, 6.45) is 8.27. The summed E-state index contributed by atoms with van der Waals surface area (Å²) in [5.74, 6) is 0.696. The molecule has 0 aliphatic rings. The van der Waals surface area contributed by atoms with Crippen LogP contribution in [0.3, 0.4) is 0 Å². The Hall–Kier alpha value is -2.68. The number of benzene rings is 2. The lowest BCUT2D eigenvalue weighted by molar-refractivity contribution is 0.717. The van der Waals surface area contributed by atoms with E-state index in [-0.39, 0.29) is 0 Å². The first-order valence-corrected chi connectivity index (χ1v) is 8.53. The van der Waals surface area contributed by atoms with Gasteiger partial charge in [0.2, 0.25) is 0 Å². The Labute approximate surface area is 143 Å². The van der Waals surface area contributed by atoms with Crippen LogP contribution in [-0.2, 0) is 6.42 Å². The first kappa shape index (κ1) is 16.2. The molecule has 0 spiro atoms. The summed E-state index contributed by atoms with van der Waals surface area (Å²) in [5.41, 5.74) is 11.1. The highest BCUT2D eigenvalue weighted by Crippen LogP contribution is 2.24. The zero-order valence-corrected chi connectivity index (χ0v) is 14.1. The van der Waals surface area contributed by atoms with Crippen molar-refractivity contribution in [3.63, 3.8) is 0 Å². The fourth-order valence-corrected chi connectivity index (χ4v) is 2.74. The molecular formula is C21H23N3. The topological polar surface area (TPSA) is 51.8 Å². The second-order valence-electron chi connectivity index (χ2n) is 6.07. The minimum absolute atomic E-state index is 0.578. The number of unbranched alkanes of at least 4 members (excludes halogenated alkanes) is 2. The summed E-state index contributed by atoms with van der Waals surface area (Å²) in [5, 5.41) is 0. The molecular weight excluding hydrogens is 294 g/mol. The van der Waals surface area contributed by atoms with Crippen LogP contribution in [0.15, 0.2) is 60.9 Å². The summed E-state index contributed by atoms with van der Waals surface area (Å²) in [4.78, 5) is 8.52. The number of aryl methyl sites for hydroxylation is 1. The molecule has 24 heavy (non-hydrogen) atoms. The number of nitrogens with two attached hydrogens (primary N) is 1. The average Bonchev–Trinajstić information content (AvgIpc) is 2.63. The van der Waals surface area contributed by atoms with E-state index in [9.17, 15) is 0 Å². The van der Waals surface area contributed by atoms with Gasteiger partial charge in [-0.1, -0.05) is 68.3 Å². The van der Waals surface area contributed by atoms with E-state index in [1.54, 1.807) is 12.4 Å². The summed E-state index contributed by atoms with van der Waals surface area (Å²) in [6, 6.07) is 17.2. The quantitative estimate of drug-likeness (QED) is 0.641. The van der Waals surface area contributed by atoms with Gasteiger partial charge < -0.3 is 5.73 Å². The van der Waals surface area contributed by atoms with Gasteiger partial charge in [-0.2, -0.15) is 0 Å². The van der Waals surface area contributed by atoms with Crippen molar-refractivity contribution in [2.45, 2.75) is 32.6 Å². The highest BCUT2D eigenvalue weighted by atomic mass is 14.9. The lowest BCUT2D eigenvalue weighted by Crippen LogP contribution is -1.92. The van der Waals surface area contributed by atoms with Gasteiger partial charge in [0.05, 0.1) is 18.1 Å². The minimum atomic E-state index is 0.578. The molecule has 0 fully saturated rings. The van der Waals surface area contributed by atoms with Crippen molar-refractivity contribution in [1.82, 2.24) is 9.97 Å². The highest BCUT2D eigenvalue weighted by molar-refractivity contribution is 5.68. The Balaban J connectivity index is 1.72. The number of nitrogen functional groups attached to an aromatic ring is 1. The monoisotopic (exact) mass is 317 g/mol. The number of rotatable bonds is 6. The Morgan fingerprint density at radius 3 is 1.88 bits per heavy atom. The first-order chi connectivity index (χ1) is 11.8. The molecule has 0 aliphatic heterocycles. The van der Waals surface area contributed by atoms with Gasteiger partial charge in [0.25, 0.3) is 0 Å². The van der Waals surface area contributed by atoms with Crippen molar-refractivity contribution in [2.75, 3.05) is 5.73 Å². The molecule has 0 saturated carbocycles. The minimum Gasteiger partial charge on any atom is -0.396 e. The Kier molecular flexibility index (Phi) is 5.22. The molecule has 0 radical (unpaired) electrons. The molecule has 0 saturated heterocycles. The highest BCUT2D eigenvalue weighted by Gasteiger charge is 2.03. The first-order valence-electron chi connectivity index (χ1n) is 8.53. The second-order valence-corrected chi connectivity index (χ2v) is 6.07. The van der Waals surface area contributed by atoms with Crippen LogP contribution in [0.25, 0.3) is 22.5 Å². The van der Waals surface area contributed by atoms with E-state index < -0.39 is 0 Å². The smallest absolute Gasteiger partial charge is 0.159 e. The Morgan fingerprint density at radius 1 is 0.750 bits per heavy atom. The second kappa shape index (κ2) is 7.73. The molecule has 0 amide bonds. The van der Waals surface area contributed by atoms with Crippen molar-refractivity contribution in [3.05, 3.63) is 66.5 Å². The van der Waals surface area contributed by atoms with Crippen molar-refractivity contribution < 1.29 is 0 Å². The summed E-state index contributed by atoms with van der Waals surface area (Å²) in [7, 11) is 0. The lowest BCUT2D eigenvalue weighted by atomic mass is 10.0. The zero-order valence-electron chi connectivity index (χ0n) is 14.1. The maximum absolute atomic E-state index is 5.63. The third-order valence-electron chi connectivity index (χ3n) is 4.17. The van der Waals surface area contributed by atoms with Crippen LogP contribution in [0.4, 0.5) is 5.69 Å². The summed E-state index contributed by atoms with van der Waals surface area (Å²) < 4.78 is 0. The van der Waals surface area contributed by atoms with Crippen LogP contribution in [-0.4, -0.2) is 9.97 Å². The standard InChI is InChI=1S/C21H23N3/c1-2-3-4-5-16-6-8-17(9-7-16)18-10-12-19(13-11-18)21-23-14-20(22)15-24-21/h6-15H,2-5,22H2,1H3. The molecule has 3 rings (SSSR count). The molecule has 0 atom stereocenters. The van der Waals surface area contributed by atoms with E-state index in [4.69, 9.17) is 5.73 Å². The fourth-order valence-electron chi connectivity index (χ4n) is 2.74. The normalized spacial score (nSPS) is 10.7. The number of hydrogen-bond acceptors (Lipinski definition) is 3. The van der Waals surface area contributed by atoms with Gasteiger partial charge in [-0.3, -0.25) is 0 Å². The van der Waals surface area contributed by atoms with Gasteiger partial charge in [0.15, 0.2) is 5.82 Å². The van der Waals surface area contributed by atoms with Crippen LogP contribution >= 0.6 is 0 Å². The largest absolute Gasteiger partial charge is 0.396 e. The van der Waals surface area contributed by atoms with E-state index in [2.05, 4.69) is 65.4 Å². The van der Waals surface area contributed by atoms with Gasteiger partial charge in [-0.05, 0) is 29.5 Å².